The molecule has 24 heavy (non-hydrogen) atoms. The van der Waals surface area contributed by atoms with Crippen molar-refractivity contribution in [2.24, 2.45) is 18.9 Å². The summed E-state index contributed by atoms with van der Waals surface area (Å²) < 4.78 is 7.36. The molecule has 2 atom stereocenters. The van der Waals surface area contributed by atoms with E-state index in [0.29, 0.717) is 25.7 Å². The molecule has 2 heterocycles. The molecular weight excluding hydrogens is 302 g/mol. The molecule has 0 aromatic carbocycles. The SMILES string of the molecule is Cc1nn(C)c(C)c1CN(C[C@@H]1CC=CCC1)C(=O)[C@H]1CCOC1. The summed E-state index contributed by atoms with van der Waals surface area (Å²) in [4.78, 5) is 15.1. The number of rotatable bonds is 5. The predicted octanol–water partition coefficient (Wildman–Crippen LogP) is 2.76. The molecule has 5 heteroatoms. The van der Waals surface area contributed by atoms with Crippen LogP contribution in [0.1, 0.15) is 42.6 Å². The summed E-state index contributed by atoms with van der Waals surface area (Å²) in [6.45, 7) is 6.91. The number of carbonyl (C=O) groups excluding carboxylic acids is 1. The van der Waals surface area contributed by atoms with Gasteiger partial charge in [0.2, 0.25) is 5.91 Å². The van der Waals surface area contributed by atoms with Crippen LogP contribution in [0.2, 0.25) is 0 Å². The summed E-state index contributed by atoms with van der Waals surface area (Å²) in [5.41, 5.74) is 3.37. The van der Waals surface area contributed by atoms with Gasteiger partial charge in [0.25, 0.3) is 0 Å². The van der Waals surface area contributed by atoms with Crippen LogP contribution in [0.4, 0.5) is 0 Å². The Bertz CT molecular complexity index is 614. The normalized spacial score (nSPS) is 23.6. The maximum Gasteiger partial charge on any atom is 0.228 e. The number of hydrogen-bond acceptors (Lipinski definition) is 3. The van der Waals surface area contributed by atoms with Gasteiger partial charge >= 0.3 is 0 Å². The summed E-state index contributed by atoms with van der Waals surface area (Å²) in [5.74, 6) is 0.852. The third kappa shape index (κ3) is 3.72. The summed E-state index contributed by atoms with van der Waals surface area (Å²) in [6.07, 6.45) is 8.75. The van der Waals surface area contributed by atoms with E-state index in [2.05, 4.69) is 29.1 Å². The number of nitrogens with zero attached hydrogens (tertiary/aromatic N) is 3. The van der Waals surface area contributed by atoms with Crippen molar-refractivity contribution in [3.8, 4) is 0 Å². The maximum atomic E-state index is 13.1. The van der Waals surface area contributed by atoms with Crippen LogP contribution in [-0.2, 0) is 23.1 Å². The van der Waals surface area contributed by atoms with Gasteiger partial charge in [-0.05, 0) is 45.4 Å². The zero-order valence-corrected chi connectivity index (χ0v) is 15.1. The van der Waals surface area contributed by atoms with Crippen molar-refractivity contribution in [1.29, 1.82) is 0 Å². The molecule has 132 valence electrons. The summed E-state index contributed by atoms with van der Waals surface area (Å²) in [6, 6.07) is 0. The molecule has 1 aliphatic carbocycles. The number of amides is 1. The minimum atomic E-state index is 0.0291. The van der Waals surface area contributed by atoms with Crippen molar-refractivity contribution in [3.63, 3.8) is 0 Å². The van der Waals surface area contributed by atoms with E-state index >= 15 is 0 Å². The number of carbonyl (C=O) groups is 1. The van der Waals surface area contributed by atoms with Gasteiger partial charge in [-0.25, -0.2) is 0 Å². The van der Waals surface area contributed by atoms with Gasteiger partial charge < -0.3 is 9.64 Å². The van der Waals surface area contributed by atoms with Crippen molar-refractivity contribution in [1.82, 2.24) is 14.7 Å². The minimum absolute atomic E-state index is 0.0291. The molecule has 0 N–H and O–H groups in total. The van der Waals surface area contributed by atoms with E-state index in [0.717, 1.165) is 37.2 Å². The van der Waals surface area contributed by atoms with Crippen molar-refractivity contribution >= 4 is 5.91 Å². The number of aromatic nitrogens is 2. The Morgan fingerprint density at radius 2 is 2.21 bits per heavy atom. The number of aryl methyl sites for hydroxylation is 2. The lowest BCUT2D eigenvalue weighted by Crippen LogP contribution is -2.39. The molecule has 1 aromatic heterocycles. The number of allylic oxidation sites excluding steroid dienone is 2. The third-order valence-electron chi connectivity index (χ3n) is 5.45. The molecule has 3 rings (SSSR count). The van der Waals surface area contributed by atoms with Crippen LogP contribution in [0.5, 0.6) is 0 Å². The lowest BCUT2D eigenvalue weighted by molar-refractivity contribution is -0.136. The molecule has 1 saturated heterocycles. The fraction of sp³-hybridized carbons (Fsp3) is 0.684. The second-order valence-electron chi connectivity index (χ2n) is 7.20. The fourth-order valence-electron chi connectivity index (χ4n) is 3.79. The predicted molar refractivity (Wildman–Crippen MR) is 93.5 cm³/mol. The Morgan fingerprint density at radius 1 is 1.38 bits per heavy atom. The average molecular weight is 331 g/mol. The lowest BCUT2D eigenvalue weighted by atomic mass is 9.93. The highest BCUT2D eigenvalue weighted by Gasteiger charge is 2.30. The highest BCUT2D eigenvalue weighted by molar-refractivity contribution is 5.79. The first kappa shape index (κ1) is 17.2. The van der Waals surface area contributed by atoms with Crippen LogP contribution < -0.4 is 0 Å². The summed E-state index contributed by atoms with van der Waals surface area (Å²) in [7, 11) is 1.97. The Morgan fingerprint density at radius 3 is 2.79 bits per heavy atom. The molecule has 0 radical (unpaired) electrons. The van der Waals surface area contributed by atoms with E-state index in [-0.39, 0.29) is 11.8 Å². The molecule has 1 aromatic rings. The van der Waals surface area contributed by atoms with Crippen LogP contribution in [0, 0.1) is 25.7 Å². The molecule has 1 fully saturated rings. The van der Waals surface area contributed by atoms with Crippen LogP contribution >= 0.6 is 0 Å². The van der Waals surface area contributed by atoms with Gasteiger partial charge in [0.1, 0.15) is 0 Å². The van der Waals surface area contributed by atoms with Crippen molar-refractivity contribution in [2.75, 3.05) is 19.8 Å². The first-order valence-corrected chi connectivity index (χ1v) is 9.07. The standard InChI is InChI=1S/C19H29N3O2/c1-14-18(15(2)21(3)20-14)12-22(11-16-7-5-4-6-8-16)19(23)17-9-10-24-13-17/h4-5,16-17H,6-13H2,1-3H3/t16-,17+/m1/s1. The highest BCUT2D eigenvalue weighted by Crippen LogP contribution is 2.25. The molecule has 0 bridgehead atoms. The van der Waals surface area contributed by atoms with E-state index in [9.17, 15) is 4.79 Å². The third-order valence-corrected chi connectivity index (χ3v) is 5.45. The van der Waals surface area contributed by atoms with Crippen molar-refractivity contribution in [2.45, 2.75) is 46.1 Å². The van der Waals surface area contributed by atoms with Crippen molar-refractivity contribution in [3.05, 3.63) is 29.1 Å². The van der Waals surface area contributed by atoms with Gasteiger partial charge in [-0.3, -0.25) is 9.48 Å². The van der Waals surface area contributed by atoms with Crippen molar-refractivity contribution < 1.29 is 9.53 Å². The molecule has 0 spiro atoms. The van der Waals surface area contributed by atoms with E-state index < -0.39 is 0 Å². The first-order valence-electron chi connectivity index (χ1n) is 9.07. The molecule has 0 unspecified atom stereocenters. The van der Waals surface area contributed by atoms with Crippen LogP contribution in [0.15, 0.2) is 12.2 Å². The average Bonchev–Trinajstić information content (AvgIpc) is 3.19. The minimum Gasteiger partial charge on any atom is -0.381 e. The maximum absolute atomic E-state index is 13.1. The summed E-state index contributed by atoms with van der Waals surface area (Å²) in [5, 5.41) is 4.51. The summed E-state index contributed by atoms with van der Waals surface area (Å²) >= 11 is 0. The molecule has 5 nitrogen and oxygen atoms in total. The van der Waals surface area contributed by atoms with Gasteiger partial charge in [-0.2, -0.15) is 5.10 Å². The largest absolute Gasteiger partial charge is 0.381 e. The van der Waals surface area contributed by atoms with Crippen LogP contribution in [-0.4, -0.2) is 40.3 Å². The monoisotopic (exact) mass is 331 g/mol. The second kappa shape index (κ2) is 7.51. The van der Waals surface area contributed by atoms with Crippen LogP contribution in [0.25, 0.3) is 0 Å². The Balaban J connectivity index is 1.77. The molecular formula is C19H29N3O2. The van der Waals surface area contributed by atoms with E-state index in [4.69, 9.17) is 4.74 Å². The van der Waals surface area contributed by atoms with E-state index in [1.165, 1.54) is 12.0 Å². The molecule has 2 aliphatic rings. The highest BCUT2D eigenvalue weighted by atomic mass is 16.5. The zero-order chi connectivity index (χ0) is 17.1. The first-order chi connectivity index (χ1) is 11.6. The fourth-order valence-corrected chi connectivity index (χ4v) is 3.79. The van der Waals surface area contributed by atoms with Gasteiger partial charge in [0.05, 0.1) is 18.2 Å². The Hall–Kier alpha value is -1.62. The quantitative estimate of drug-likeness (QED) is 0.780. The molecule has 1 amide bonds. The lowest BCUT2D eigenvalue weighted by Gasteiger charge is -2.30. The van der Waals surface area contributed by atoms with Gasteiger partial charge in [-0.15, -0.1) is 0 Å². The number of ether oxygens (including phenoxy) is 1. The van der Waals surface area contributed by atoms with Gasteiger partial charge in [0.15, 0.2) is 0 Å². The van der Waals surface area contributed by atoms with E-state index in [1.807, 2.05) is 18.7 Å². The second-order valence-corrected chi connectivity index (χ2v) is 7.20. The topological polar surface area (TPSA) is 47.4 Å². The number of hydrogen-bond donors (Lipinski definition) is 0. The van der Waals surface area contributed by atoms with Gasteiger partial charge in [-0.1, -0.05) is 12.2 Å². The Kier molecular flexibility index (Phi) is 5.39. The molecule has 0 saturated carbocycles. The van der Waals surface area contributed by atoms with Crippen LogP contribution in [0.3, 0.4) is 0 Å². The van der Waals surface area contributed by atoms with E-state index in [1.54, 1.807) is 0 Å². The smallest absolute Gasteiger partial charge is 0.228 e. The van der Waals surface area contributed by atoms with Gasteiger partial charge in [0, 0.05) is 38.0 Å². The zero-order valence-electron chi connectivity index (χ0n) is 15.1. The molecule has 1 aliphatic heterocycles. The Labute approximate surface area is 144 Å².